The molecular formula is C10H12ClN3O2S. The largest absolute Gasteiger partial charge is 0.368 e. The van der Waals surface area contributed by atoms with Crippen LogP contribution in [0.1, 0.15) is 12.8 Å². The fraction of sp³-hybridized carbons (Fsp3) is 0.500. The minimum Gasteiger partial charge on any atom is -0.368 e. The van der Waals surface area contributed by atoms with Gasteiger partial charge in [-0.15, -0.1) is 0 Å². The smallest absolute Gasteiger partial charge is 0.276 e. The van der Waals surface area contributed by atoms with Gasteiger partial charge in [0.1, 0.15) is 11.0 Å². The predicted molar refractivity (Wildman–Crippen MR) is 69.9 cm³/mol. The molecule has 92 valence electrons. The van der Waals surface area contributed by atoms with Crippen molar-refractivity contribution in [1.29, 1.82) is 0 Å². The van der Waals surface area contributed by atoms with Gasteiger partial charge in [-0.2, -0.15) is 11.8 Å². The van der Waals surface area contributed by atoms with Crippen LogP contribution in [-0.2, 0) is 0 Å². The molecule has 1 aliphatic rings. The first-order valence-electron chi connectivity index (χ1n) is 5.16. The van der Waals surface area contributed by atoms with Gasteiger partial charge in [0.15, 0.2) is 0 Å². The molecule has 1 fully saturated rings. The van der Waals surface area contributed by atoms with Crippen molar-refractivity contribution in [3.63, 3.8) is 0 Å². The molecule has 0 spiro atoms. The molecule has 0 aliphatic heterocycles. The lowest BCUT2D eigenvalue weighted by molar-refractivity contribution is -0.384. The number of aromatic nitrogens is 1. The van der Waals surface area contributed by atoms with E-state index in [1.54, 1.807) is 0 Å². The molecule has 1 aromatic heterocycles. The Morgan fingerprint density at radius 1 is 1.65 bits per heavy atom. The lowest BCUT2D eigenvalue weighted by Gasteiger charge is -2.13. The summed E-state index contributed by atoms with van der Waals surface area (Å²) in [6.45, 7) is 0.763. The second-order valence-electron chi connectivity index (χ2n) is 4.03. The van der Waals surface area contributed by atoms with E-state index in [1.807, 2.05) is 11.8 Å². The number of anilines is 1. The molecule has 0 bridgehead atoms. The second kappa shape index (κ2) is 4.70. The molecule has 0 atom stereocenters. The average Bonchev–Trinajstić information content (AvgIpc) is 3.06. The van der Waals surface area contributed by atoms with E-state index in [2.05, 4.69) is 16.6 Å². The number of hydrogen-bond acceptors (Lipinski definition) is 5. The first kappa shape index (κ1) is 12.4. The molecule has 2 rings (SSSR count). The van der Waals surface area contributed by atoms with Crippen LogP contribution in [0.3, 0.4) is 0 Å². The number of nitrogens with one attached hydrogen (secondary N) is 1. The van der Waals surface area contributed by atoms with Crippen molar-refractivity contribution in [3.05, 3.63) is 27.4 Å². The van der Waals surface area contributed by atoms with Crippen LogP contribution in [-0.4, -0.2) is 27.5 Å². The number of nitro groups is 1. The summed E-state index contributed by atoms with van der Waals surface area (Å²) >= 11 is 7.55. The number of rotatable bonds is 5. The summed E-state index contributed by atoms with van der Waals surface area (Å²) in [5.74, 6) is 0.463. The molecule has 1 heterocycles. The average molecular weight is 274 g/mol. The van der Waals surface area contributed by atoms with Crippen LogP contribution in [0.25, 0.3) is 0 Å². The van der Waals surface area contributed by atoms with Crippen molar-refractivity contribution in [2.75, 3.05) is 18.1 Å². The fourth-order valence-electron chi connectivity index (χ4n) is 1.52. The van der Waals surface area contributed by atoms with E-state index in [1.165, 1.54) is 25.0 Å². The topological polar surface area (TPSA) is 68.1 Å². The standard InChI is InChI=1S/C10H12ClN3O2S/c1-17-10(2-3-10)6-12-9-5-7(14(15)16)4-8(11)13-9/h4-5H,2-3,6H2,1H3,(H,12,13). The van der Waals surface area contributed by atoms with Gasteiger partial charge in [0, 0.05) is 11.3 Å². The van der Waals surface area contributed by atoms with E-state index in [0.29, 0.717) is 5.82 Å². The Balaban J connectivity index is 2.07. The third-order valence-electron chi connectivity index (χ3n) is 2.82. The van der Waals surface area contributed by atoms with Gasteiger partial charge in [-0.25, -0.2) is 4.98 Å². The zero-order chi connectivity index (χ0) is 12.5. The Hall–Kier alpha value is -1.01. The normalized spacial score (nSPS) is 16.6. The Morgan fingerprint density at radius 3 is 2.88 bits per heavy atom. The molecular weight excluding hydrogens is 262 g/mol. The minimum absolute atomic E-state index is 0.0403. The molecule has 17 heavy (non-hydrogen) atoms. The quantitative estimate of drug-likeness (QED) is 0.507. The lowest BCUT2D eigenvalue weighted by atomic mass is 10.3. The van der Waals surface area contributed by atoms with Crippen LogP contribution in [0.15, 0.2) is 12.1 Å². The van der Waals surface area contributed by atoms with E-state index < -0.39 is 4.92 Å². The van der Waals surface area contributed by atoms with Gasteiger partial charge >= 0.3 is 0 Å². The zero-order valence-corrected chi connectivity index (χ0v) is 10.8. The van der Waals surface area contributed by atoms with E-state index in [0.717, 1.165) is 6.54 Å². The van der Waals surface area contributed by atoms with Crippen molar-refractivity contribution in [2.24, 2.45) is 0 Å². The summed E-state index contributed by atoms with van der Waals surface area (Å²) in [6, 6.07) is 2.65. The summed E-state index contributed by atoms with van der Waals surface area (Å²) < 4.78 is 0.277. The van der Waals surface area contributed by atoms with Crippen LogP contribution in [0.5, 0.6) is 0 Å². The van der Waals surface area contributed by atoms with E-state index in [4.69, 9.17) is 11.6 Å². The van der Waals surface area contributed by atoms with Crippen molar-refractivity contribution in [2.45, 2.75) is 17.6 Å². The van der Waals surface area contributed by atoms with Crippen LogP contribution in [0.4, 0.5) is 11.5 Å². The first-order chi connectivity index (χ1) is 8.04. The van der Waals surface area contributed by atoms with Crippen LogP contribution in [0, 0.1) is 10.1 Å². The Bertz CT molecular complexity index is 451. The highest BCUT2D eigenvalue weighted by Gasteiger charge is 2.41. The van der Waals surface area contributed by atoms with E-state index in [-0.39, 0.29) is 15.6 Å². The van der Waals surface area contributed by atoms with Crippen LogP contribution in [0.2, 0.25) is 5.15 Å². The van der Waals surface area contributed by atoms with Gasteiger partial charge < -0.3 is 5.32 Å². The number of nitrogens with zero attached hydrogens (tertiary/aromatic N) is 2. The first-order valence-corrected chi connectivity index (χ1v) is 6.76. The number of hydrogen-bond donors (Lipinski definition) is 1. The molecule has 1 saturated carbocycles. The highest BCUT2D eigenvalue weighted by molar-refractivity contribution is 8.00. The Kier molecular flexibility index (Phi) is 3.44. The Morgan fingerprint density at radius 2 is 2.35 bits per heavy atom. The summed E-state index contributed by atoms with van der Waals surface area (Å²) in [7, 11) is 0. The van der Waals surface area contributed by atoms with Gasteiger partial charge in [0.25, 0.3) is 5.69 Å². The molecule has 0 saturated heterocycles. The van der Waals surface area contributed by atoms with Crippen molar-refractivity contribution in [1.82, 2.24) is 4.98 Å². The molecule has 1 N–H and O–H groups in total. The maximum absolute atomic E-state index is 10.7. The molecule has 0 aromatic carbocycles. The fourth-order valence-corrected chi connectivity index (χ4v) is 2.45. The summed E-state index contributed by atoms with van der Waals surface area (Å²) in [4.78, 5) is 14.2. The highest BCUT2D eigenvalue weighted by Crippen LogP contribution is 2.47. The van der Waals surface area contributed by atoms with E-state index in [9.17, 15) is 10.1 Å². The van der Waals surface area contributed by atoms with Gasteiger partial charge in [-0.1, -0.05) is 11.6 Å². The molecule has 1 aromatic rings. The summed E-state index contributed by atoms with van der Waals surface area (Å²) in [5.41, 5.74) is -0.0403. The van der Waals surface area contributed by atoms with Gasteiger partial charge in [-0.3, -0.25) is 10.1 Å². The maximum Gasteiger partial charge on any atom is 0.276 e. The van der Waals surface area contributed by atoms with Crippen molar-refractivity contribution < 1.29 is 4.92 Å². The van der Waals surface area contributed by atoms with E-state index >= 15 is 0 Å². The van der Waals surface area contributed by atoms with Crippen LogP contribution < -0.4 is 5.32 Å². The summed E-state index contributed by atoms with van der Waals surface area (Å²) in [6.07, 6.45) is 4.41. The molecule has 0 radical (unpaired) electrons. The molecule has 0 amide bonds. The zero-order valence-electron chi connectivity index (χ0n) is 9.27. The number of pyridine rings is 1. The van der Waals surface area contributed by atoms with Crippen molar-refractivity contribution >= 4 is 34.9 Å². The van der Waals surface area contributed by atoms with Crippen molar-refractivity contribution in [3.8, 4) is 0 Å². The molecule has 7 heteroatoms. The lowest BCUT2D eigenvalue weighted by Crippen LogP contribution is -2.18. The summed E-state index contributed by atoms with van der Waals surface area (Å²) in [5, 5.41) is 13.9. The van der Waals surface area contributed by atoms with Gasteiger partial charge in [0.2, 0.25) is 0 Å². The molecule has 0 unspecified atom stereocenters. The maximum atomic E-state index is 10.7. The monoisotopic (exact) mass is 273 g/mol. The second-order valence-corrected chi connectivity index (χ2v) is 5.69. The molecule has 1 aliphatic carbocycles. The third-order valence-corrected chi connectivity index (χ3v) is 4.43. The highest BCUT2D eigenvalue weighted by atomic mass is 35.5. The van der Waals surface area contributed by atoms with Gasteiger partial charge in [-0.05, 0) is 19.1 Å². The number of halogens is 1. The molecule has 5 nitrogen and oxygen atoms in total. The Labute approximate surface area is 108 Å². The predicted octanol–water partition coefficient (Wildman–Crippen LogP) is 2.95. The SMILES string of the molecule is CSC1(CNc2cc([N+](=O)[O-])cc(Cl)n2)CC1. The van der Waals surface area contributed by atoms with Crippen LogP contribution >= 0.6 is 23.4 Å². The minimum atomic E-state index is -0.472. The van der Waals surface area contributed by atoms with Gasteiger partial charge in [0.05, 0.1) is 17.1 Å². The number of thioether (sulfide) groups is 1. The third kappa shape index (κ3) is 3.01.